The number of nitrogens with one attached hydrogen (secondary N) is 2. The van der Waals surface area contributed by atoms with Crippen LogP contribution in [0.2, 0.25) is 0 Å². The topological polar surface area (TPSA) is 84.8 Å². The van der Waals surface area contributed by atoms with Gasteiger partial charge in [-0.1, -0.05) is 18.2 Å². The summed E-state index contributed by atoms with van der Waals surface area (Å²) in [5.41, 5.74) is 2.21. The summed E-state index contributed by atoms with van der Waals surface area (Å²) in [4.78, 5) is 0. The highest BCUT2D eigenvalue weighted by Crippen LogP contribution is 2.27. The van der Waals surface area contributed by atoms with Crippen molar-refractivity contribution in [1.29, 1.82) is 0 Å². The van der Waals surface area contributed by atoms with Gasteiger partial charge in [0.2, 0.25) is 0 Å². The molecule has 1 unspecified atom stereocenters. The van der Waals surface area contributed by atoms with Crippen LogP contribution in [0.4, 0.5) is 5.69 Å². The van der Waals surface area contributed by atoms with Crippen molar-refractivity contribution in [1.82, 2.24) is 5.32 Å². The monoisotopic (exact) mass is 330 g/mol. The van der Waals surface area contributed by atoms with E-state index in [1.165, 1.54) is 0 Å². The van der Waals surface area contributed by atoms with E-state index >= 15 is 0 Å². The summed E-state index contributed by atoms with van der Waals surface area (Å²) >= 11 is 0. The summed E-state index contributed by atoms with van der Waals surface area (Å²) in [5.74, 6) is 0.353. The molecule has 0 heterocycles. The van der Waals surface area contributed by atoms with Crippen molar-refractivity contribution in [2.75, 3.05) is 11.9 Å². The van der Waals surface area contributed by atoms with E-state index in [0.29, 0.717) is 18.8 Å². The molecule has 1 atom stereocenters. The number of β-amino-alcohol motifs (C(OH)–C–C–N with tert-alkyl or cyclic N) is 1. The first-order chi connectivity index (χ1) is 11.2. The number of phenols is 2. The first-order valence-electron chi connectivity index (χ1n) is 8.02. The minimum atomic E-state index is -0.654. The molecule has 0 amide bonds. The Hall–Kier alpha value is -2.24. The zero-order valence-electron chi connectivity index (χ0n) is 14.4. The number of hydrogen-bond acceptors (Lipinski definition) is 5. The van der Waals surface area contributed by atoms with E-state index in [-0.39, 0.29) is 17.0 Å². The lowest BCUT2D eigenvalue weighted by atomic mass is 10.1. The molecule has 130 valence electrons. The SMILES string of the molecule is CC(C)(C)NCC(O)c1ccc(O)c(NCc2ccc(O)cc2)c1. The number of phenolic OH excluding ortho intramolecular Hbond substituents is 2. The van der Waals surface area contributed by atoms with E-state index in [2.05, 4.69) is 10.6 Å². The van der Waals surface area contributed by atoms with Gasteiger partial charge in [-0.2, -0.15) is 0 Å². The summed E-state index contributed by atoms with van der Waals surface area (Å²) in [6.07, 6.45) is -0.654. The van der Waals surface area contributed by atoms with E-state index in [9.17, 15) is 15.3 Å². The van der Waals surface area contributed by atoms with Crippen molar-refractivity contribution in [3.63, 3.8) is 0 Å². The van der Waals surface area contributed by atoms with E-state index in [0.717, 1.165) is 11.1 Å². The van der Waals surface area contributed by atoms with Crippen molar-refractivity contribution in [2.24, 2.45) is 0 Å². The molecule has 0 aliphatic heterocycles. The van der Waals surface area contributed by atoms with Crippen LogP contribution in [0, 0.1) is 0 Å². The highest BCUT2D eigenvalue weighted by Gasteiger charge is 2.15. The van der Waals surface area contributed by atoms with Crippen LogP contribution < -0.4 is 10.6 Å². The molecule has 0 fully saturated rings. The van der Waals surface area contributed by atoms with Gasteiger partial charge in [-0.15, -0.1) is 0 Å². The molecule has 0 radical (unpaired) electrons. The molecule has 0 aliphatic rings. The van der Waals surface area contributed by atoms with Crippen LogP contribution >= 0.6 is 0 Å². The summed E-state index contributed by atoms with van der Waals surface area (Å²) in [6.45, 7) is 7.07. The standard InChI is InChI=1S/C19H26N2O3/c1-19(2,3)21-12-18(24)14-6-9-17(23)16(10-14)20-11-13-4-7-15(22)8-5-13/h4-10,18,20-24H,11-12H2,1-3H3. The van der Waals surface area contributed by atoms with Crippen molar-refractivity contribution in [3.05, 3.63) is 53.6 Å². The minimum absolute atomic E-state index is 0.0716. The fourth-order valence-electron chi connectivity index (χ4n) is 2.23. The summed E-state index contributed by atoms with van der Waals surface area (Å²) in [6, 6.07) is 11.9. The second kappa shape index (κ2) is 7.55. The first kappa shape index (κ1) is 18.1. The van der Waals surface area contributed by atoms with E-state index < -0.39 is 6.10 Å². The maximum atomic E-state index is 10.3. The van der Waals surface area contributed by atoms with Gasteiger partial charge in [-0.05, 0) is 56.2 Å². The average molecular weight is 330 g/mol. The molecule has 24 heavy (non-hydrogen) atoms. The lowest BCUT2D eigenvalue weighted by Crippen LogP contribution is -2.38. The average Bonchev–Trinajstić information content (AvgIpc) is 2.52. The number of benzene rings is 2. The van der Waals surface area contributed by atoms with Crippen LogP contribution in [0.3, 0.4) is 0 Å². The molecule has 5 nitrogen and oxygen atoms in total. The van der Waals surface area contributed by atoms with Gasteiger partial charge >= 0.3 is 0 Å². The van der Waals surface area contributed by atoms with Gasteiger partial charge < -0.3 is 26.0 Å². The molecule has 0 saturated carbocycles. The Morgan fingerprint density at radius 1 is 1.00 bits per heavy atom. The summed E-state index contributed by atoms with van der Waals surface area (Å²) < 4.78 is 0. The maximum Gasteiger partial charge on any atom is 0.138 e. The molecule has 5 heteroatoms. The van der Waals surface area contributed by atoms with Crippen molar-refractivity contribution >= 4 is 5.69 Å². The molecular formula is C19H26N2O3. The maximum absolute atomic E-state index is 10.3. The van der Waals surface area contributed by atoms with Crippen molar-refractivity contribution in [3.8, 4) is 11.5 Å². The van der Waals surface area contributed by atoms with Gasteiger partial charge in [0.05, 0.1) is 11.8 Å². The number of anilines is 1. The molecule has 2 aromatic rings. The zero-order chi connectivity index (χ0) is 17.7. The van der Waals surface area contributed by atoms with Gasteiger partial charge in [0.25, 0.3) is 0 Å². The van der Waals surface area contributed by atoms with Gasteiger partial charge in [0.15, 0.2) is 0 Å². The highest BCUT2D eigenvalue weighted by molar-refractivity contribution is 5.58. The Balaban J connectivity index is 2.03. The Labute approximate surface area is 143 Å². The van der Waals surface area contributed by atoms with Gasteiger partial charge in [0, 0.05) is 18.6 Å². The smallest absolute Gasteiger partial charge is 0.138 e. The summed E-state index contributed by atoms with van der Waals surface area (Å²) in [7, 11) is 0. The van der Waals surface area contributed by atoms with E-state index in [4.69, 9.17) is 0 Å². The number of aromatic hydroxyl groups is 2. The molecular weight excluding hydrogens is 304 g/mol. The van der Waals surface area contributed by atoms with Crippen molar-refractivity contribution < 1.29 is 15.3 Å². The minimum Gasteiger partial charge on any atom is -0.508 e. The third-order valence-electron chi connectivity index (χ3n) is 3.65. The molecule has 2 rings (SSSR count). The fourth-order valence-corrected chi connectivity index (χ4v) is 2.23. The Morgan fingerprint density at radius 3 is 2.29 bits per heavy atom. The highest BCUT2D eigenvalue weighted by atomic mass is 16.3. The van der Waals surface area contributed by atoms with Crippen LogP contribution in [0.15, 0.2) is 42.5 Å². The molecule has 2 aromatic carbocycles. The van der Waals surface area contributed by atoms with Gasteiger partial charge in [0.1, 0.15) is 11.5 Å². The quantitative estimate of drug-likeness (QED) is 0.526. The first-order valence-corrected chi connectivity index (χ1v) is 8.02. The van der Waals surface area contributed by atoms with Crippen LogP contribution in [0.5, 0.6) is 11.5 Å². The fraction of sp³-hybridized carbons (Fsp3) is 0.368. The number of rotatable bonds is 6. The second-order valence-electron chi connectivity index (χ2n) is 6.94. The Morgan fingerprint density at radius 2 is 1.67 bits per heavy atom. The number of aliphatic hydroxyl groups is 1. The lowest BCUT2D eigenvalue weighted by Gasteiger charge is -2.23. The molecule has 5 N–H and O–H groups in total. The number of aliphatic hydroxyl groups excluding tert-OH is 1. The third-order valence-corrected chi connectivity index (χ3v) is 3.65. The van der Waals surface area contributed by atoms with E-state index in [1.54, 1.807) is 30.3 Å². The van der Waals surface area contributed by atoms with E-state index in [1.807, 2.05) is 32.9 Å². The number of hydrogen-bond donors (Lipinski definition) is 5. The van der Waals surface area contributed by atoms with Gasteiger partial charge in [-0.25, -0.2) is 0 Å². The van der Waals surface area contributed by atoms with Crippen LogP contribution in [-0.4, -0.2) is 27.4 Å². The van der Waals surface area contributed by atoms with Gasteiger partial charge in [-0.3, -0.25) is 0 Å². The Bertz CT molecular complexity index is 663. The molecule has 0 aliphatic carbocycles. The Kier molecular flexibility index (Phi) is 5.70. The normalized spacial score (nSPS) is 12.8. The third kappa shape index (κ3) is 5.44. The summed E-state index contributed by atoms with van der Waals surface area (Å²) in [5, 5.41) is 36.0. The molecule has 0 spiro atoms. The lowest BCUT2D eigenvalue weighted by molar-refractivity contribution is 0.163. The van der Waals surface area contributed by atoms with Crippen LogP contribution in [0.25, 0.3) is 0 Å². The molecule has 0 saturated heterocycles. The predicted molar refractivity (Wildman–Crippen MR) is 96.3 cm³/mol. The molecule has 0 bridgehead atoms. The molecule has 0 aromatic heterocycles. The second-order valence-corrected chi connectivity index (χ2v) is 6.94. The van der Waals surface area contributed by atoms with Crippen molar-refractivity contribution in [2.45, 2.75) is 39.0 Å². The predicted octanol–water partition coefficient (Wildman–Crippen LogP) is 3.13. The zero-order valence-corrected chi connectivity index (χ0v) is 14.4. The van der Waals surface area contributed by atoms with Crippen LogP contribution in [-0.2, 0) is 6.54 Å². The largest absolute Gasteiger partial charge is 0.508 e. The van der Waals surface area contributed by atoms with Crippen LogP contribution in [0.1, 0.15) is 38.0 Å².